The smallest absolute Gasteiger partial charge is 0.199 e. The van der Waals surface area contributed by atoms with Crippen molar-refractivity contribution >= 4 is 11.5 Å². The summed E-state index contributed by atoms with van der Waals surface area (Å²) in [7, 11) is 0. The van der Waals surface area contributed by atoms with Gasteiger partial charge in [-0.3, -0.25) is 4.98 Å². The molecule has 1 unspecified atom stereocenters. The van der Waals surface area contributed by atoms with Crippen molar-refractivity contribution in [3.8, 4) is 28.6 Å². The van der Waals surface area contributed by atoms with E-state index >= 15 is 4.39 Å². The maximum absolute atomic E-state index is 15.3. The summed E-state index contributed by atoms with van der Waals surface area (Å²) in [5, 5.41) is 24.5. The second-order valence-corrected chi connectivity index (χ2v) is 8.36. The lowest BCUT2D eigenvalue weighted by atomic mass is 10.0. The fourth-order valence-corrected chi connectivity index (χ4v) is 4.21. The van der Waals surface area contributed by atoms with Gasteiger partial charge in [-0.15, -0.1) is 5.10 Å². The topological polar surface area (TPSA) is 126 Å². The number of hydrogen-bond donors (Lipinski definition) is 2. The van der Waals surface area contributed by atoms with Crippen LogP contribution in [0.15, 0.2) is 48.5 Å². The third kappa shape index (κ3) is 4.03. The highest BCUT2D eigenvalue weighted by atomic mass is 19.1. The second kappa shape index (κ2) is 9.00. The van der Waals surface area contributed by atoms with Gasteiger partial charge in [0.15, 0.2) is 17.3 Å². The van der Waals surface area contributed by atoms with Crippen molar-refractivity contribution in [3.05, 3.63) is 94.3 Å². The molecular weight excluding hydrogens is 483 g/mol. The Balaban J connectivity index is 1.85. The first-order valence-corrected chi connectivity index (χ1v) is 11.0. The van der Waals surface area contributed by atoms with Gasteiger partial charge in [-0.1, -0.05) is 12.1 Å². The summed E-state index contributed by atoms with van der Waals surface area (Å²) in [6.45, 7) is 3.54. The molecular formula is C26H18F3N7O. The first kappa shape index (κ1) is 23.9. The van der Waals surface area contributed by atoms with Crippen LogP contribution in [0.25, 0.3) is 28.2 Å². The Morgan fingerprint density at radius 1 is 0.973 bits per heavy atom. The maximum atomic E-state index is 15.3. The molecule has 0 saturated heterocycles. The van der Waals surface area contributed by atoms with Gasteiger partial charge in [0.05, 0.1) is 11.1 Å². The summed E-state index contributed by atoms with van der Waals surface area (Å²) < 4.78 is 45.3. The van der Waals surface area contributed by atoms with E-state index < -0.39 is 29.1 Å². The number of aliphatic hydroxyl groups is 1. The Morgan fingerprint density at radius 3 is 2.27 bits per heavy atom. The summed E-state index contributed by atoms with van der Waals surface area (Å²) in [6, 6.07) is 12.7. The number of fused-ring (bicyclic) bond motifs is 1. The van der Waals surface area contributed by atoms with Crippen LogP contribution in [0.4, 0.5) is 19.0 Å². The van der Waals surface area contributed by atoms with Crippen LogP contribution in [0.1, 0.15) is 34.4 Å². The predicted molar refractivity (Wildman–Crippen MR) is 128 cm³/mol. The zero-order chi connectivity index (χ0) is 26.4. The second-order valence-electron chi connectivity index (χ2n) is 8.36. The molecule has 5 rings (SSSR count). The molecule has 0 aliphatic carbocycles. The number of pyridine rings is 1. The number of rotatable bonds is 4. The highest BCUT2D eigenvalue weighted by molar-refractivity contribution is 5.83. The van der Waals surface area contributed by atoms with Gasteiger partial charge in [0, 0.05) is 22.5 Å². The van der Waals surface area contributed by atoms with Crippen molar-refractivity contribution in [2.75, 3.05) is 5.73 Å². The van der Waals surface area contributed by atoms with Crippen molar-refractivity contribution < 1.29 is 18.3 Å². The lowest BCUT2D eigenvalue weighted by molar-refractivity contribution is 0.199. The van der Waals surface area contributed by atoms with Gasteiger partial charge in [0.1, 0.15) is 41.0 Å². The molecule has 5 aromatic rings. The van der Waals surface area contributed by atoms with Crippen LogP contribution >= 0.6 is 0 Å². The van der Waals surface area contributed by atoms with E-state index in [0.717, 1.165) is 12.1 Å². The molecule has 0 radical (unpaired) electrons. The van der Waals surface area contributed by atoms with E-state index in [-0.39, 0.29) is 39.8 Å². The maximum Gasteiger partial charge on any atom is 0.199 e. The van der Waals surface area contributed by atoms with E-state index in [0.29, 0.717) is 17.0 Å². The molecule has 2 aromatic carbocycles. The molecule has 11 heteroatoms. The number of nitrogen functional groups attached to an aromatic ring is 1. The molecule has 3 aromatic heterocycles. The Morgan fingerprint density at radius 2 is 1.62 bits per heavy atom. The van der Waals surface area contributed by atoms with Crippen molar-refractivity contribution in [3.63, 3.8) is 0 Å². The number of anilines is 1. The van der Waals surface area contributed by atoms with E-state index in [9.17, 15) is 19.1 Å². The van der Waals surface area contributed by atoms with E-state index in [1.165, 1.54) is 28.8 Å². The summed E-state index contributed by atoms with van der Waals surface area (Å²) >= 11 is 0. The Labute approximate surface area is 208 Å². The van der Waals surface area contributed by atoms with Gasteiger partial charge in [-0.2, -0.15) is 5.26 Å². The van der Waals surface area contributed by atoms with Crippen LogP contribution in [0.2, 0.25) is 0 Å². The molecule has 3 N–H and O–H groups in total. The zero-order valence-corrected chi connectivity index (χ0v) is 19.5. The lowest BCUT2D eigenvalue weighted by Gasteiger charge is -2.14. The molecule has 0 bridgehead atoms. The van der Waals surface area contributed by atoms with Gasteiger partial charge in [-0.25, -0.2) is 27.7 Å². The molecule has 184 valence electrons. The van der Waals surface area contributed by atoms with Gasteiger partial charge in [0.2, 0.25) is 0 Å². The van der Waals surface area contributed by atoms with Gasteiger partial charge >= 0.3 is 0 Å². The fourth-order valence-electron chi connectivity index (χ4n) is 4.21. The number of hydrogen-bond acceptors (Lipinski definition) is 7. The van der Waals surface area contributed by atoms with Crippen LogP contribution in [0, 0.1) is 42.6 Å². The average Bonchev–Trinajstić information content (AvgIpc) is 3.29. The molecule has 8 nitrogen and oxygen atoms in total. The Bertz CT molecular complexity index is 1700. The molecule has 0 aliphatic rings. The summed E-state index contributed by atoms with van der Waals surface area (Å²) in [5.74, 6) is -3.29. The molecule has 0 amide bonds. The number of nitrogens with two attached hydrogens (primary N) is 1. The van der Waals surface area contributed by atoms with Crippen molar-refractivity contribution in [2.45, 2.75) is 20.0 Å². The molecule has 3 heterocycles. The average molecular weight is 501 g/mol. The summed E-state index contributed by atoms with van der Waals surface area (Å²) in [5.41, 5.74) is 7.38. The van der Waals surface area contributed by atoms with Gasteiger partial charge in [0.25, 0.3) is 0 Å². The fraction of sp³-hybridized carbons (Fsp3) is 0.115. The number of nitrogens with zero attached hydrogens (tertiary/aromatic N) is 6. The van der Waals surface area contributed by atoms with Gasteiger partial charge < -0.3 is 10.8 Å². The monoisotopic (exact) mass is 501 g/mol. The molecule has 0 spiro atoms. The number of halogens is 3. The Kier molecular flexibility index (Phi) is 5.81. The molecule has 0 aliphatic heterocycles. The Hall–Kier alpha value is -4.82. The van der Waals surface area contributed by atoms with Crippen LogP contribution in [-0.2, 0) is 0 Å². The molecule has 0 saturated carbocycles. The highest BCUT2D eigenvalue weighted by Crippen LogP contribution is 2.36. The zero-order valence-electron chi connectivity index (χ0n) is 19.5. The number of aliphatic hydroxyl groups excluding tert-OH is 1. The van der Waals surface area contributed by atoms with Crippen LogP contribution in [0.5, 0.6) is 0 Å². The van der Waals surface area contributed by atoms with Crippen LogP contribution in [0.3, 0.4) is 0 Å². The predicted octanol–water partition coefficient (Wildman–Crippen LogP) is 4.42. The van der Waals surface area contributed by atoms with Gasteiger partial charge in [-0.05, 0) is 50.2 Å². The number of benzene rings is 2. The molecule has 0 fully saturated rings. The van der Waals surface area contributed by atoms with Crippen LogP contribution < -0.4 is 5.73 Å². The van der Waals surface area contributed by atoms with Crippen molar-refractivity contribution in [1.82, 2.24) is 24.6 Å². The van der Waals surface area contributed by atoms with Crippen molar-refractivity contribution in [1.29, 1.82) is 5.26 Å². The number of nitriles is 1. The minimum absolute atomic E-state index is 0.0199. The normalized spacial score (nSPS) is 12.0. The molecule has 1 atom stereocenters. The summed E-state index contributed by atoms with van der Waals surface area (Å²) in [6.07, 6.45) is -1.86. The summed E-state index contributed by atoms with van der Waals surface area (Å²) in [4.78, 5) is 13.0. The van der Waals surface area contributed by atoms with Crippen LogP contribution in [-0.4, -0.2) is 29.7 Å². The third-order valence-corrected chi connectivity index (χ3v) is 5.77. The molecule has 37 heavy (non-hydrogen) atoms. The van der Waals surface area contributed by atoms with E-state index in [4.69, 9.17) is 5.73 Å². The standard InChI is InChI=1S/C26H18F3N7O/c1-12-9-15(10-13(2)32-12)22-21(16-6-3-5-14(11-30)20(16)29)33-24(31)26-34-25(35-36(22)26)23(37)19-17(27)7-4-8-18(19)28/h3-10,23,37H,1-2H3,(H2,31,33). The SMILES string of the molecule is Cc1cc(-c2c(-c3cccc(C#N)c3F)nc(N)c3nc(C(O)c4c(F)cccc4F)nn23)cc(C)n1. The quantitative estimate of drug-likeness (QED) is 0.373. The highest BCUT2D eigenvalue weighted by Gasteiger charge is 2.27. The van der Waals surface area contributed by atoms with E-state index in [1.807, 2.05) is 0 Å². The van der Waals surface area contributed by atoms with Crippen molar-refractivity contribution in [2.24, 2.45) is 0 Å². The first-order valence-electron chi connectivity index (χ1n) is 11.0. The van der Waals surface area contributed by atoms with E-state index in [1.54, 1.807) is 32.0 Å². The van der Waals surface area contributed by atoms with E-state index in [2.05, 4.69) is 20.1 Å². The number of aryl methyl sites for hydroxylation is 2. The first-order chi connectivity index (χ1) is 17.7. The minimum atomic E-state index is -1.86. The largest absolute Gasteiger partial charge is 0.381 e. The third-order valence-electron chi connectivity index (χ3n) is 5.77. The lowest BCUT2D eigenvalue weighted by Crippen LogP contribution is -2.08. The number of aromatic nitrogens is 5. The minimum Gasteiger partial charge on any atom is -0.381 e.